The molecule has 0 spiro atoms. The third-order valence-corrected chi connectivity index (χ3v) is 4.42. The quantitative estimate of drug-likeness (QED) is 0.560. The molecule has 0 aromatic heterocycles. The molecule has 2 aromatic rings. The first-order valence-corrected chi connectivity index (χ1v) is 10.0. The fourth-order valence-electron chi connectivity index (χ4n) is 2.95. The number of hydrogen-bond donors (Lipinski definition) is 3. The molecule has 6 nitrogen and oxygen atoms in total. The van der Waals surface area contributed by atoms with Crippen LogP contribution >= 0.6 is 0 Å². The van der Waals surface area contributed by atoms with Gasteiger partial charge < -0.3 is 25.2 Å². The van der Waals surface area contributed by atoms with Crippen LogP contribution in [0, 0.1) is 11.6 Å². The Labute approximate surface area is 181 Å². The molecule has 8 heteroatoms. The molecule has 3 N–H and O–H groups in total. The molecule has 0 bridgehead atoms. The number of rotatable bonds is 9. The highest BCUT2D eigenvalue weighted by Crippen LogP contribution is 2.14. The highest BCUT2D eigenvalue weighted by atomic mass is 19.2. The number of aliphatic hydroxyl groups excluding tert-OH is 1. The summed E-state index contributed by atoms with van der Waals surface area (Å²) in [7, 11) is 1.58. The lowest BCUT2D eigenvalue weighted by Crippen LogP contribution is -2.49. The zero-order valence-electron chi connectivity index (χ0n) is 18.2. The van der Waals surface area contributed by atoms with Gasteiger partial charge in [0.2, 0.25) is 0 Å². The van der Waals surface area contributed by atoms with Gasteiger partial charge in [0.15, 0.2) is 11.6 Å². The molecule has 0 saturated heterocycles. The van der Waals surface area contributed by atoms with E-state index in [-0.39, 0.29) is 13.0 Å². The average Bonchev–Trinajstić information content (AvgIpc) is 2.69. The lowest BCUT2D eigenvalue weighted by Gasteiger charge is -2.27. The fraction of sp³-hybridized carbons (Fsp3) is 0.435. The highest BCUT2D eigenvalue weighted by molar-refractivity contribution is 5.68. The summed E-state index contributed by atoms with van der Waals surface area (Å²) in [5.41, 5.74) is 0.683. The van der Waals surface area contributed by atoms with Crippen molar-refractivity contribution >= 4 is 6.09 Å². The summed E-state index contributed by atoms with van der Waals surface area (Å²) < 4.78 is 37.3. The number of carbonyl (C=O) groups excluding carboxylic acids is 1. The van der Waals surface area contributed by atoms with E-state index < -0.39 is 35.5 Å². The molecule has 170 valence electrons. The minimum absolute atomic E-state index is 0.0957. The van der Waals surface area contributed by atoms with Crippen LogP contribution < -0.4 is 15.4 Å². The van der Waals surface area contributed by atoms with Gasteiger partial charge in [-0.3, -0.25) is 0 Å². The topological polar surface area (TPSA) is 79.8 Å². The highest BCUT2D eigenvalue weighted by Gasteiger charge is 2.25. The van der Waals surface area contributed by atoms with Crippen molar-refractivity contribution in [3.05, 3.63) is 65.2 Å². The first kappa shape index (κ1) is 24.6. The van der Waals surface area contributed by atoms with E-state index >= 15 is 0 Å². The number of carbonyl (C=O) groups is 1. The van der Waals surface area contributed by atoms with Crippen LogP contribution in [0.1, 0.15) is 31.9 Å². The lowest BCUT2D eigenvalue weighted by molar-refractivity contribution is 0.0422. The maximum absolute atomic E-state index is 13.6. The van der Waals surface area contributed by atoms with Gasteiger partial charge in [-0.25, -0.2) is 13.6 Å². The second kappa shape index (κ2) is 11.1. The maximum Gasteiger partial charge on any atom is 0.407 e. The summed E-state index contributed by atoms with van der Waals surface area (Å²) in [4.78, 5) is 12.2. The summed E-state index contributed by atoms with van der Waals surface area (Å²) in [6.07, 6.45) is -1.61. The first-order chi connectivity index (χ1) is 14.6. The van der Waals surface area contributed by atoms with Gasteiger partial charge in [-0.15, -0.1) is 0 Å². The number of alkyl carbamates (subject to hydrolysis) is 1. The molecule has 0 saturated carbocycles. The lowest BCUT2D eigenvalue weighted by atomic mass is 10.0. The molecule has 31 heavy (non-hydrogen) atoms. The van der Waals surface area contributed by atoms with E-state index in [1.54, 1.807) is 27.9 Å². The van der Waals surface area contributed by atoms with Gasteiger partial charge in [0, 0.05) is 13.1 Å². The van der Waals surface area contributed by atoms with Crippen molar-refractivity contribution in [2.45, 2.75) is 51.5 Å². The molecular weight excluding hydrogens is 406 g/mol. The van der Waals surface area contributed by atoms with Gasteiger partial charge in [0.25, 0.3) is 0 Å². The summed E-state index contributed by atoms with van der Waals surface area (Å²) in [6.45, 7) is 5.80. The molecular formula is C23H30F2N2O4. The minimum atomic E-state index is -1.01. The molecule has 2 aromatic carbocycles. The Bertz CT molecular complexity index is 871. The molecule has 1 amide bonds. The van der Waals surface area contributed by atoms with Crippen molar-refractivity contribution in [2.75, 3.05) is 13.7 Å². The fourth-order valence-corrected chi connectivity index (χ4v) is 2.95. The van der Waals surface area contributed by atoms with Gasteiger partial charge in [-0.1, -0.05) is 18.2 Å². The monoisotopic (exact) mass is 436 g/mol. The third kappa shape index (κ3) is 8.51. The molecule has 0 aliphatic carbocycles. The number of methoxy groups -OCH3 is 1. The third-order valence-electron chi connectivity index (χ3n) is 4.42. The zero-order valence-corrected chi connectivity index (χ0v) is 18.2. The van der Waals surface area contributed by atoms with E-state index in [4.69, 9.17) is 9.47 Å². The number of aliphatic hydroxyl groups is 1. The number of halogens is 2. The van der Waals surface area contributed by atoms with Gasteiger partial charge in [-0.05, 0) is 62.6 Å². The van der Waals surface area contributed by atoms with Crippen LogP contribution in [0.15, 0.2) is 42.5 Å². The van der Waals surface area contributed by atoms with Crippen molar-refractivity contribution in [2.24, 2.45) is 0 Å². The van der Waals surface area contributed by atoms with Gasteiger partial charge in [-0.2, -0.15) is 0 Å². The average molecular weight is 436 g/mol. The van der Waals surface area contributed by atoms with Crippen molar-refractivity contribution in [1.29, 1.82) is 0 Å². The Morgan fingerprint density at radius 2 is 1.84 bits per heavy atom. The normalized spacial score (nSPS) is 13.4. The van der Waals surface area contributed by atoms with Crippen molar-refractivity contribution in [3.8, 4) is 5.75 Å². The molecule has 0 heterocycles. The molecule has 0 unspecified atom stereocenters. The van der Waals surface area contributed by atoms with E-state index in [0.29, 0.717) is 12.1 Å². The first-order valence-electron chi connectivity index (χ1n) is 10.0. The summed E-state index contributed by atoms with van der Waals surface area (Å²) >= 11 is 0. The van der Waals surface area contributed by atoms with E-state index in [2.05, 4.69) is 10.6 Å². The largest absolute Gasteiger partial charge is 0.497 e. The van der Waals surface area contributed by atoms with Gasteiger partial charge >= 0.3 is 6.09 Å². The molecule has 2 rings (SSSR count). The number of amides is 1. The van der Waals surface area contributed by atoms with Gasteiger partial charge in [0.1, 0.15) is 11.4 Å². The Balaban J connectivity index is 2.04. The molecule has 2 atom stereocenters. The number of ether oxygens (including phenoxy) is 2. The summed E-state index contributed by atoms with van der Waals surface area (Å²) in [6, 6.07) is 10.2. The standard InChI is InChI=1S/C23H30F2N2O4/c1-23(2,3)31-22(29)27-20(12-15-8-9-18(24)19(25)11-15)21(28)14-26-13-16-6-5-7-17(10-16)30-4/h5-11,20-21,26,28H,12-14H2,1-4H3,(H,27,29)/t20-,21+/m0/s1. The Morgan fingerprint density at radius 3 is 2.48 bits per heavy atom. The molecule has 0 aliphatic heterocycles. The van der Waals surface area contributed by atoms with Crippen LogP contribution in [0.3, 0.4) is 0 Å². The second-order valence-electron chi connectivity index (χ2n) is 8.26. The molecule has 0 fully saturated rings. The zero-order chi connectivity index (χ0) is 23.0. The second-order valence-corrected chi connectivity index (χ2v) is 8.26. The van der Waals surface area contributed by atoms with Gasteiger partial charge in [0.05, 0.1) is 19.3 Å². The number of hydrogen-bond acceptors (Lipinski definition) is 5. The smallest absolute Gasteiger partial charge is 0.407 e. The predicted octanol–water partition coefficient (Wildman–Crippen LogP) is 3.56. The molecule has 0 radical (unpaired) electrons. The van der Waals surface area contributed by atoms with Crippen LogP contribution in [0.2, 0.25) is 0 Å². The van der Waals surface area contributed by atoms with Crippen LogP contribution in [-0.4, -0.2) is 42.6 Å². The van der Waals surface area contributed by atoms with Crippen LogP contribution in [0.5, 0.6) is 5.75 Å². The maximum atomic E-state index is 13.6. The van der Waals surface area contributed by atoms with E-state index in [0.717, 1.165) is 23.4 Å². The van der Waals surface area contributed by atoms with Crippen molar-refractivity contribution < 1.29 is 28.2 Å². The minimum Gasteiger partial charge on any atom is -0.497 e. The van der Waals surface area contributed by atoms with Crippen molar-refractivity contribution in [3.63, 3.8) is 0 Å². The van der Waals surface area contributed by atoms with Crippen LogP contribution in [0.25, 0.3) is 0 Å². The van der Waals surface area contributed by atoms with E-state index in [1.807, 2.05) is 24.3 Å². The Kier molecular flexibility index (Phi) is 8.76. The van der Waals surface area contributed by atoms with E-state index in [9.17, 15) is 18.7 Å². The number of benzene rings is 2. The number of nitrogens with one attached hydrogen (secondary N) is 2. The van der Waals surface area contributed by atoms with Crippen LogP contribution in [0.4, 0.5) is 13.6 Å². The summed E-state index contributed by atoms with van der Waals surface area (Å²) in [5, 5.41) is 16.5. The predicted molar refractivity (Wildman–Crippen MR) is 114 cm³/mol. The van der Waals surface area contributed by atoms with Crippen molar-refractivity contribution in [1.82, 2.24) is 10.6 Å². The van der Waals surface area contributed by atoms with E-state index in [1.165, 1.54) is 6.07 Å². The Morgan fingerprint density at radius 1 is 1.10 bits per heavy atom. The Hall–Kier alpha value is -2.71. The SMILES string of the molecule is COc1cccc(CNC[C@@H](O)[C@H](Cc2ccc(F)c(F)c2)NC(=O)OC(C)(C)C)c1. The summed E-state index contributed by atoms with van der Waals surface area (Å²) in [5.74, 6) is -1.22. The molecule has 0 aliphatic rings. The van der Waals surface area contributed by atoms with Crippen LogP contribution in [-0.2, 0) is 17.7 Å².